The van der Waals surface area contributed by atoms with Crippen molar-refractivity contribution in [2.45, 2.75) is 52.6 Å². The predicted molar refractivity (Wildman–Crippen MR) is 78.1 cm³/mol. The molecule has 0 spiro atoms. The van der Waals surface area contributed by atoms with Gasteiger partial charge in [-0.3, -0.25) is 9.69 Å². The molecule has 19 heavy (non-hydrogen) atoms. The van der Waals surface area contributed by atoms with Crippen molar-refractivity contribution in [3.63, 3.8) is 0 Å². The molecule has 1 heterocycles. The SMILES string of the molecule is COC(=O)C1CC(NCCC(C)C)CN(C(C)C)C1. The molecule has 1 rings (SSSR count). The molecular formula is C15H30N2O2. The van der Waals surface area contributed by atoms with Gasteiger partial charge in [-0.2, -0.15) is 0 Å². The maximum atomic E-state index is 11.8. The largest absolute Gasteiger partial charge is 0.469 e. The molecule has 0 aromatic rings. The minimum atomic E-state index is -0.0685. The molecule has 2 unspecified atom stereocenters. The molecule has 4 nitrogen and oxygen atoms in total. The van der Waals surface area contributed by atoms with Crippen LogP contribution in [-0.2, 0) is 9.53 Å². The van der Waals surface area contributed by atoms with E-state index >= 15 is 0 Å². The fourth-order valence-electron chi connectivity index (χ4n) is 2.62. The highest BCUT2D eigenvalue weighted by Crippen LogP contribution is 2.20. The summed E-state index contributed by atoms with van der Waals surface area (Å²) in [7, 11) is 1.48. The summed E-state index contributed by atoms with van der Waals surface area (Å²) in [6.45, 7) is 11.7. The molecule has 0 amide bonds. The van der Waals surface area contributed by atoms with Crippen molar-refractivity contribution >= 4 is 5.97 Å². The van der Waals surface area contributed by atoms with Gasteiger partial charge in [0.25, 0.3) is 0 Å². The summed E-state index contributed by atoms with van der Waals surface area (Å²) in [5, 5.41) is 3.60. The number of carbonyl (C=O) groups excluding carboxylic acids is 1. The molecule has 0 bridgehead atoms. The Labute approximate surface area is 117 Å². The van der Waals surface area contributed by atoms with Crippen LogP contribution in [0, 0.1) is 11.8 Å². The second-order valence-corrected chi connectivity index (χ2v) is 6.34. The number of methoxy groups -OCH3 is 1. The van der Waals surface area contributed by atoms with Gasteiger partial charge in [-0.15, -0.1) is 0 Å². The minimum Gasteiger partial charge on any atom is -0.469 e. The molecule has 0 radical (unpaired) electrons. The first-order valence-electron chi connectivity index (χ1n) is 7.49. The number of nitrogens with zero attached hydrogens (tertiary/aromatic N) is 1. The van der Waals surface area contributed by atoms with E-state index in [2.05, 4.69) is 37.9 Å². The number of nitrogens with one attached hydrogen (secondary N) is 1. The molecule has 1 fully saturated rings. The lowest BCUT2D eigenvalue weighted by Gasteiger charge is -2.39. The second-order valence-electron chi connectivity index (χ2n) is 6.34. The van der Waals surface area contributed by atoms with Crippen LogP contribution < -0.4 is 5.32 Å². The summed E-state index contributed by atoms with van der Waals surface area (Å²) in [5.41, 5.74) is 0. The van der Waals surface area contributed by atoms with Crippen LogP contribution in [0.25, 0.3) is 0 Å². The van der Waals surface area contributed by atoms with E-state index in [9.17, 15) is 4.79 Å². The molecule has 0 aliphatic carbocycles. The Balaban J connectivity index is 2.52. The third kappa shape index (κ3) is 5.49. The summed E-state index contributed by atoms with van der Waals surface area (Å²) in [4.78, 5) is 14.2. The molecule has 1 aliphatic rings. The molecule has 112 valence electrons. The van der Waals surface area contributed by atoms with E-state index in [1.54, 1.807) is 0 Å². The van der Waals surface area contributed by atoms with Gasteiger partial charge in [-0.05, 0) is 39.2 Å². The average molecular weight is 270 g/mol. The number of esters is 1. The van der Waals surface area contributed by atoms with Crippen LogP contribution in [0.2, 0.25) is 0 Å². The first-order valence-corrected chi connectivity index (χ1v) is 7.49. The lowest BCUT2D eigenvalue weighted by molar-refractivity contribution is -0.148. The van der Waals surface area contributed by atoms with E-state index in [0.29, 0.717) is 18.0 Å². The molecule has 1 saturated heterocycles. The molecule has 0 aromatic heterocycles. The van der Waals surface area contributed by atoms with Gasteiger partial charge in [-0.25, -0.2) is 0 Å². The van der Waals surface area contributed by atoms with E-state index in [-0.39, 0.29) is 11.9 Å². The van der Waals surface area contributed by atoms with Crippen LogP contribution in [0.1, 0.15) is 40.5 Å². The first-order chi connectivity index (χ1) is 8.93. The molecule has 0 saturated carbocycles. The summed E-state index contributed by atoms with van der Waals surface area (Å²) in [6.07, 6.45) is 2.08. The quantitative estimate of drug-likeness (QED) is 0.749. The average Bonchev–Trinajstić information content (AvgIpc) is 2.37. The number of rotatable bonds is 6. The van der Waals surface area contributed by atoms with Gasteiger partial charge >= 0.3 is 5.97 Å². The van der Waals surface area contributed by atoms with Crippen molar-refractivity contribution in [2.24, 2.45) is 11.8 Å². The van der Waals surface area contributed by atoms with E-state index in [1.807, 2.05) is 0 Å². The normalized spacial score (nSPS) is 25.0. The molecular weight excluding hydrogens is 240 g/mol. The summed E-state index contributed by atoms with van der Waals surface area (Å²) in [6, 6.07) is 0.876. The van der Waals surface area contributed by atoms with Crippen molar-refractivity contribution in [1.82, 2.24) is 10.2 Å². The molecule has 1 aliphatic heterocycles. The standard InChI is InChI=1S/C15H30N2O2/c1-11(2)6-7-16-14-8-13(15(18)19-5)9-17(10-14)12(3)4/h11-14,16H,6-10H2,1-5H3. The Kier molecular flexibility index (Phi) is 6.80. The van der Waals surface area contributed by atoms with E-state index < -0.39 is 0 Å². The van der Waals surface area contributed by atoms with E-state index in [4.69, 9.17) is 4.74 Å². The van der Waals surface area contributed by atoms with Gasteiger partial charge in [0, 0.05) is 25.2 Å². The second kappa shape index (κ2) is 7.85. The van der Waals surface area contributed by atoms with Crippen LogP contribution >= 0.6 is 0 Å². The van der Waals surface area contributed by atoms with Gasteiger partial charge in [0.05, 0.1) is 13.0 Å². The number of likely N-dealkylation sites (tertiary alicyclic amines) is 1. The molecule has 2 atom stereocenters. The fraction of sp³-hybridized carbons (Fsp3) is 0.933. The number of ether oxygens (including phenoxy) is 1. The van der Waals surface area contributed by atoms with Crippen LogP contribution in [0.5, 0.6) is 0 Å². The van der Waals surface area contributed by atoms with Gasteiger partial charge in [0.1, 0.15) is 0 Å². The Morgan fingerprint density at radius 3 is 2.53 bits per heavy atom. The van der Waals surface area contributed by atoms with E-state index in [1.165, 1.54) is 13.5 Å². The zero-order chi connectivity index (χ0) is 14.4. The highest BCUT2D eigenvalue weighted by Gasteiger charge is 2.32. The molecule has 0 aromatic carbocycles. The third-order valence-corrected chi connectivity index (χ3v) is 3.90. The van der Waals surface area contributed by atoms with Gasteiger partial charge < -0.3 is 10.1 Å². The van der Waals surface area contributed by atoms with Crippen LogP contribution in [0.15, 0.2) is 0 Å². The van der Waals surface area contributed by atoms with Crippen LogP contribution in [0.3, 0.4) is 0 Å². The Morgan fingerprint density at radius 1 is 1.32 bits per heavy atom. The monoisotopic (exact) mass is 270 g/mol. The van der Waals surface area contributed by atoms with Crippen molar-refractivity contribution < 1.29 is 9.53 Å². The van der Waals surface area contributed by atoms with Gasteiger partial charge in [0.15, 0.2) is 0 Å². The highest BCUT2D eigenvalue weighted by atomic mass is 16.5. The Hall–Kier alpha value is -0.610. The highest BCUT2D eigenvalue weighted by molar-refractivity contribution is 5.72. The zero-order valence-corrected chi connectivity index (χ0v) is 13.1. The first kappa shape index (κ1) is 16.4. The topological polar surface area (TPSA) is 41.6 Å². The van der Waals surface area contributed by atoms with Crippen LogP contribution in [0.4, 0.5) is 0 Å². The fourth-order valence-corrected chi connectivity index (χ4v) is 2.62. The third-order valence-electron chi connectivity index (χ3n) is 3.90. The van der Waals surface area contributed by atoms with Gasteiger partial charge in [0.2, 0.25) is 0 Å². The number of hydrogen-bond acceptors (Lipinski definition) is 4. The zero-order valence-electron chi connectivity index (χ0n) is 13.1. The molecule has 4 heteroatoms. The minimum absolute atomic E-state index is 0.0118. The summed E-state index contributed by atoms with van der Waals surface area (Å²) >= 11 is 0. The Bertz CT molecular complexity index is 279. The maximum Gasteiger partial charge on any atom is 0.310 e. The molecule has 1 N–H and O–H groups in total. The van der Waals surface area contributed by atoms with Crippen molar-refractivity contribution in [2.75, 3.05) is 26.7 Å². The van der Waals surface area contributed by atoms with Crippen molar-refractivity contribution in [1.29, 1.82) is 0 Å². The summed E-state index contributed by atoms with van der Waals surface area (Å²) in [5.74, 6) is 0.660. The number of piperidine rings is 1. The smallest absolute Gasteiger partial charge is 0.310 e. The maximum absolute atomic E-state index is 11.8. The Morgan fingerprint density at radius 2 is 2.00 bits per heavy atom. The van der Waals surface area contributed by atoms with E-state index in [0.717, 1.165) is 26.1 Å². The van der Waals surface area contributed by atoms with Gasteiger partial charge in [-0.1, -0.05) is 13.8 Å². The number of carbonyl (C=O) groups is 1. The lowest BCUT2D eigenvalue weighted by Crippen LogP contribution is -2.53. The lowest BCUT2D eigenvalue weighted by atomic mass is 9.93. The number of hydrogen-bond donors (Lipinski definition) is 1. The van der Waals surface area contributed by atoms with Crippen LogP contribution in [-0.4, -0.2) is 49.7 Å². The van der Waals surface area contributed by atoms with Crippen molar-refractivity contribution in [3.05, 3.63) is 0 Å². The van der Waals surface area contributed by atoms with Crippen molar-refractivity contribution in [3.8, 4) is 0 Å². The predicted octanol–water partition coefficient (Wildman–Crippen LogP) is 1.89. The summed E-state index contributed by atoms with van der Waals surface area (Å²) < 4.78 is 4.92.